The zero-order valence-corrected chi connectivity index (χ0v) is 9.57. The van der Waals surface area contributed by atoms with Gasteiger partial charge in [-0.05, 0) is 27.7 Å². The lowest BCUT2D eigenvalue weighted by atomic mass is 10.1. The maximum atomic E-state index is 11.4. The number of aliphatic hydroxyl groups is 1. The zero-order valence-electron chi connectivity index (χ0n) is 9.57. The molecule has 0 aliphatic heterocycles. The monoisotopic (exact) mass is 218 g/mol. The standard InChI is InChI=1S/C10H18O5/c1-5-14-9(13)10(3,4)15-8(6-11)7(2)12/h8,11H,5-6H2,1-4H3. The van der Waals surface area contributed by atoms with Crippen LogP contribution in [0.15, 0.2) is 0 Å². The molecule has 0 aliphatic carbocycles. The van der Waals surface area contributed by atoms with E-state index in [9.17, 15) is 9.59 Å². The molecule has 0 saturated heterocycles. The Morgan fingerprint density at radius 3 is 2.27 bits per heavy atom. The van der Waals surface area contributed by atoms with Crippen LogP contribution >= 0.6 is 0 Å². The van der Waals surface area contributed by atoms with Gasteiger partial charge in [-0.25, -0.2) is 4.79 Å². The minimum absolute atomic E-state index is 0.246. The predicted octanol–water partition coefficient (Wildman–Crippen LogP) is 0.295. The molecule has 0 rings (SSSR count). The van der Waals surface area contributed by atoms with Crippen LogP contribution < -0.4 is 0 Å². The summed E-state index contributed by atoms with van der Waals surface area (Å²) in [5.74, 6) is -0.875. The maximum absolute atomic E-state index is 11.4. The third-order valence-corrected chi connectivity index (χ3v) is 1.82. The molecule has 0 saturated carbocycles. The fourth-order valence-electron chi connectivity index (χ4n) is 0.957. The van der Waals surface area contributed by atoms with Crippen molar-refractivity contribution in [2.45, 2.75) is 39.4 Å². The summed E-state index contributed by atoms with van der Waals surface area (Å²) in [6.07, 6.45) is -0.982. The van der Waals surface area contributed by atoms with E-state index in [0.717, 1.165) is 0 Å². The highest BCUT2D eigenvalue weighted by atomic mass is 16.6. The molecule has 0 heterocycles. The second-order valence-corrected chi connectivity index (χ2v) is 3.63. The molecule has 0 amide bonds. The van der Waals surface area contributed by atoms with Gasteiger partial charge in [0.15, 0.2) is 11.4 Å². The molecular weight excluding hydrogens is 200 g/mol. The van der Waals surface area contributed by atoms with Gasteiger partial charge in [0.2, 0.25) is 0 Å². The quantitative estimate of drug-likeness (QED) is 0.649. The zero-order chi connectivity index (χ0) is 12.1. The summed E-state index contributed by atoms with van der Waals surface area (Å²) in [5, 5.41) is 8.87. The van der Waals surface area contributed by atoms with E-state index in [1.165, 1.54) is 20.8 Å². The van der Waals surface area contributed by atoms with Crippen LogP contribution in [0.2, 0.25) is 0 Å². The van der Waals surface area contributed by atoms with Gasteiger partial charge in [-0.1, -0.05) is 0 Å². The number of carbonyl (C=O) groups is 2. The van der Waals surface area contributed by atoms with Crippen molar-refractivity contribution < 1.29 is 24.2 Å². The SMILES string of the molecule is CCOC(=O)C(C)(C)OC(CO)C(C)=O. The third-order valence-electron chi connectivity index (χ3n) is 1.82. The second-order valence-electron chi connectivity index (χ2n) is 3.63. The van der Waals surface area contributed by atoms with Crippen LogP contribution in [-0.4, -0.2) is 41.8 Å². The van der Waals surface area contributed by atoms with E-state index in [4.69, 9.17) is 14.6 Å². The number of aliphatic hydroxyl groups excluding tert-OH is 1. The van der Waals surface area contributed by atoms with E-state index in [0.29, 0.717) is 0 Å². The Morgan fingerprint density at radius 1 is 1.40 bits per heavy atom. The van der Waals surface area contributed by atoms with Gasteiger partial charge in [-0.2, -0.15) is 0 Å². The highest BCUT2D eigenvalue weighted by molar-refractivity contribution is 5.82. The molecule has 0 aliphatic rings. The minimum atomic E-state index is -1.23. The van der Waals surface area contributed by atoms with Gasteiger partial charge in [0.05, 0.1) is 13.2 Å². The summed E-state index contributed by atoms with van der Waals surface area (Å²) in [7, 11) is 0. The van der Waals surface area contributed by atoms with Crippen LogP contribution in [0.5, 0.6) is 0 Å². The number of Topliss-reactive ketones (excluding diaryl/α,β-unsaturated/α-hetero) is 1. The molecule has 88 valence electrons. The fourth-order valence-corrected chi connectivity index (χ4v) is 0.957. The van der Waals surface area contributed by atoms with E-state index in [2.05, 4.69) is 0 Å². The van der Waals surface area contributed by atoms with Gasteiger partial charge in [-0.3, -0.25) is 4.79 Å². The Balaban J connectivity index is 4.46. The molecule has 1 N–H and O–H groups in total. The first kappa shape index (κ1) is 14.1. The van der Waals surface area contributed by atoms with Crippen molar-refractivity contribution in [3.63, 3.8) is 0 Å². The Hall–Kier alpha value is -0.940. The van der Waals surface area contributed by atoms with Gasteiger partial charge in [-0.15, -0.1) is 0 Å². The molecule has 0 aromatic heterocycles. The molecular formula is C10H18O5. The van der Waals surface area contributed by atoms with Crippen molar-refractivity contribution >= 4 is 11.8 Å². The lowest BCUT2D eigenvalue weighted by Gasteiger charge is -2.26. The topological polar surface area (TPSA) is 72.8 Å². The molecule has 0 spiro atoms. The summed E-state index contributed by atoms with van der Waals surface area (Å²) >= 11 is 0. The van der Waals surface area contributed by atoms with Gasteiger partial charge in [0.25, 0.3) is 0 Å². The molecule has 0 fully saturated rings. The molecule has 5 nitrogen and oxygen atoms in total. The summed E-state index contributed by atoms with van der Waals surface area (Å²) in [6, 6.07) is 0. The number of hydrogen-bond acceptors (Lipinski definition) is 5. The predicted molar refractivity (Wildman–Crippen MR) is 53.4 cm³/mol. The Morgan fingerprint density at radius 2 is 1.93 bits per heavy atom. The Kier molecular flexibility index (Phi) is 5.46. The van der Waals surface area contributed by atoms with E-state index in [1.54, 1.807) is 6.92 Å². The molecule has 0 radical (unpaired) electrons. The van der Waals surface area contributed by atoms with Crippen LogP contribution in [0, 0.1) is 0 Å². The number of esters is 1. The van der Waals surface area contributed by atoms with Gasteiger partial charge in [0.1, 0.15) is 6.10 Å². The average Bonchev–Trinajstić information content (AvgIpc) is 2.14. The van der Waals surface area contributed by atoms with E-state index in [1.807, 2.05) is 0 Å². The van der Waals surface area contributed by atoms with Crippen molar-refractivity contribution in [1.82, 2.24) is 0 Å². The average molecular weight is 218 g/mol. The van der Waals surface area contributed by atoms with Gasteiger partial charge < -0.3 is 14.6 Å². The second kappa shape index (κ2) is 5.82. The first-order valence-electron chi connectivity index (χ1n) is 4.81. The molecule has 1 atom stereocenters. The molecule has 0 bridgehead atoms. The van der Waals surface area contributed by atoms with E-state index >= 15 is 0 Å². The number of hydrogen-bond donors (Lipinski definition) is 1. The first-order valence-corrected chi connectivity index (χ1v) is 4.81. The molecule has 5 heteroatoms. The van der Waals surface area contributed by atoms with Crippen molar-refractivity contribution in [3.05, 3.63) is 0 Å². The van der Waals surface area contributed by atoms with Crippen molar-refractivity contribution in [2.75, 3.05) is 13.2 Å². The van der Waals surface area contributed by atoms with Crippen molar-refractivity contribution in [3.8, 4) is 0 Å². The number of rotatable bonds is 6. The number of ketones is 1. The summed E-state index contributed by atoms with van der Waals surface area (Å²) in [6.45, 7) is 5.77. The minimum Gasteiger partial charge on any atom is -0.464 e. The first-order chi connectivity index (χ1) is 6.85. The van der Waals surface area contributed by atoms with E-state index in [-0.39, 0.29) is 12.4 Å². The van der Waals surface area contributed by atoms with Crippen LogP contribution in [0.4, 0.5) is 0 Å². The van der Waals surface area contributed by atoms with Crippen molar-refractivity contribution in [1.29, 1.82) is 0 Å². The fraction of sp³-hybridized carbons (Fsp3) is 0.800. The lowest BCUT2D eigenvalue weighted by molar-refractivity contribution is -0.178. The van der Waals surface area contributed by atoms with Crippen molar-refractivity contribution in [2.24, 2.45) is 0 Å². The van der Waals surface area contributed by atoms with Crippen LogP contribution in [0.3, 0.4) is 0 Å². The smallest absolute Gasteiger partial charge is 0.337 e. The van der Waals surface area contributed by atoms with Crippen LogP contribution in [0.1, 0.15) is 27.7 Å². The number of ether oxygens (including phenoxy) is 2. The van der Waals surface area contributed by atoms with Crippen LogP contribution in [0.25, 0.3) is 0 Å². The molecule has 1 unspecified atom stereocenters. The molecule has 15 heavy (non-hydrogen) atoms. The van der Waals surface area contributed by atoms with Crippen LogP contribution in [-0.2, 0) is 19.1 Å². The highest BCUT2D eigenvalue weighted by Gasteiger charge is 2.34. The Labute approximate surface area is 89.4 Å². The van der Waals surface area contributed by atoms with Gasteiger partial charge in [0, 0.05) is 0 Å². The normalized spacial score (nSPS) is 13.4. The molecule has 0 aromatic rings. The van der Waals surface area contributed by atoms with Gasteiger partial charge >= 0.3 is 5.97 Å². The third kappa shape index (κ3) is 4.40. The maximum Gasteiger partial charge on any atom is 0.337 e. The lowest BCUT2D eigenvalue weighted by Crippen LogP contribution is -2.43. The largest absolute Gasteiger partial charge is 0.464 e. The Bertz CT molecular complexity index is 234. The van der Waals surface area contributed by atoms with E-state index < -0.39 is 24.3 Å². The summed E-state index contributed by atoms with van der Waals surface area (Å²) in [4.78, 5) is 22.4. The summed E-state index contributed by atoms with van der Waals surface area (Å²) < 4.78 is 9.96. The summed E-state index contributed by atoms with van der Waals surface area (Å²) in [5.41, 5.74) is -1.23. The number of carbonyl (C=O) groups excluding carboxylic acids is 2. The molecule has 0 aromatic carbocycles. The highest BCUT2D eigenvalue weighted by Crippen LogP contribution is 2.15.